The third kappa shape index (κ3) is 3.53. The van der Waals surface area contributed by atoms with Gasteiger partial charge in [0.15, 0.2) is 5.82 Å². The van der Waals surface area contributed by atoms with Crippen molar-refractivity contribution in [3.8, 4) is 17.1 Å². The molecule has 0 saturated carbocycles. The molecule has 4 rings (SSSR count). The molecular weight excluding hydrogens is 342 g/mol. The van der Waals surface area contributed by atoms with E-state index < -0.39 is 0 Å². The molecule has 138 valence electrons. The van der Waals surface area contributed by atoms with E-state index in [4.69, 9.17) is 4.74 Å². The number of ether oxygens (including phenoxy) is 1. The summed E-state index contributed by atoms with van der Waals surface area (Å²) >= 11 is 0. The second-order valence-corrected chi connectivity index (χ2v) is 6.53. The van der Waals surface area contributed by atoms with Crippen molar-refractivity contribution in [2.45, 2.75) is 31.8 Å². The summed E-state index contributed by atoms with van der Waals surface area (Å²) in [7, 11) is 1.64. The average molecular weight is 363 g/mol. The van der Waals surface area contributed by atoms with Gasteiger partial charge in [-0.15, -0.1) is 10.2 Å². The number of methoxy groups -OCH3 is 1. The normalized spacial score (nSPS) is 15.8. The van der Waals surface area contributed by atoms with Crippen LogP contribution >= 0.6 is 0 Å². The van der Waals surface area contributed by atoms with Crippen LogP contribution in [0, 0.1) is 0 Å². The Labute approximate surface area is 157 Å². The van der Waals surface area contributed by atoms with E-state index in [1.165, 1.54) is 0 Å². The largest absolute Gasteiger partial charge is 0.497 e. The lowest BCUT2D eigenvalue weighted by Crippen LogP contribution is -2.32. The number of hydrogen-bond acceptors (Lipinski definition) is 5. The van der Waals surface area contributed by atoms with Gasteiger partial charge in [0, 0.05) is 31.0 Å². The SMILES string of the molecule is COc1ccc(CNC(=O)C2CCCn3c(-c4ccncc4)nnc32)cc1. The number of pyridine rings is 1. The molecule has 1 aliphatic rings. The molecule has 1 aromatic carbocycles. The maximum absolute atomic E-state index is 12.8. The number of carbonyl (C=O) groups excluding carboxylic acids is 1. The van der Waals surface area contributed by atoms with Crippen molar-refractivity contribution in [3.05, 3.63) is 60.2 Å². The predicted molar refractivity (Wildman–Crippen MR) is 100 cm³/mol. The van der Waals surface area contributed by atoms with Crippen LogP contribution < -0.4 is 10.1 Å². The van der Waals surface area contributed by atoms with Gasteiger partial charge in [0.2, 0.25) is 5.91 Å². The number of fused-ring (bicyclic) bond motifs is 1. The minimum absolute atomic E-state index is 0.0135. The van der Waals surface area contributed by atoms with Gasteiger partial charge < -0.3 is 14.6 Å². The van der Waals surface area contributed by atoms with Crippen LogP contribution in [0.5, 0.6) is 5.75 Å². The first kappa shape index (κ1) is 17.2. The Balaban J connectivity index is 1.49. The molecule has 2 aromatic heterocycles. The summed E-state index contributed by atoms with van der Waals surface area (Å²) in [5.74, 6) is 2.04. The van der Waals surface area contributed by atoms with E-state index in [0.717, 1.165) is 47.9 Å². The minimum Gasteiger partial charge on any atom is -0.497 e. The van der Waals surface area contributed by atoms with Crippen molar-refractivity contribution < 1.29 is 9.53 Å². The Kier molecular flexibility index (Phi) is 4.82. The molecule has 0 aliphatic carbocycles. The standard InChI is InChI=1S/C20H21N5O2/c1-27-16-6-4-14(5-7-16)13-22-20(26)17-3-2-12-25-18(23-24-19(17)25)15-8-10-21-11-9-15/h4-11,17H,2-3,12-13H2,1H3,(H,22,26). The zero-order chi connectivity index (χ0) is 18.6. The molecular formula is C20H21N5O2. The fourth-order valence-electron chi connectivity index (χ4n) is 3.39. The molecule has 0 saturated heterocycles. The zero-order valence-corrected chi connectivity index (χ0v) is 15.1. The van der Waals surface area contributed by atoms with Gasteiger partial charge in [-0.1, -0.05) is 12.1 Å². The maximum Gasteiger partial charge on any atom is 0.231 e. The molecule has 3 aromatic rings. The molecule has 27 heavy (non-hydrogen) atoms. The number of nitrogens with one attached hydrogen (secondary N) is 1. The maximum atomic E-state index is 12.8. The lowest BCUT2D eigenvalue weighted by Gasteiger charge is -2.23. The van der Waals surface area contributed by atoms with E-state index in [2.05, 4.69) is 25.1 Å². The molecule has 1 amide bonds. The Morgan fingerprint density at radius 3 is 2.70 bits per heavy atom. The van der Waals surface area contributed by atoms with E-state index >= 15 is 0 Å². The summed E-state index contributed by atoms with van der Waals surface area (Å²) in [6.45, 7) is 1.30. The molecule has 0 spiro atoms. The molecule has 0 radical (unpaired) electrons. The molecule has 7 nitrogen and oxygen atoms in total. The molecule has 7 heteroatoms. The lowest BCUT2D eigenvalue weighted by atomic mass is 9.97. The van der Waals surface area contributed by atoms with Crippen molar-refractivity contribution in [2.24, 2.45) is 0 Å². The predicted octanol–water partition coefficient (Wildman–Crippen LogP) is 2.54. The van der Waals surface area contributed by atoms with Crippen molar-refractivity contribution in [1.29, 1.82) is 0 Å². The number of hydrogen-bond donors (Lipinski definition) is 1. The van der Waals surface area contributed by atoms with E-state index in [0.29, 0.717) is 6.54 Å². The Bertz CT molecular complexity index is 921. The molecule has 3 heterocycles. The summed E-state index contributed by atoms with van der Waals surface area (Å²) in [4.78, 5) is 16.8. The minimum atomic E-state index is -0.278. The number of amides is 1. The highest BCUT2D eigenvalue weighted by Crippen LogP contribution is 2.30. The van der Waals surface area contributed by atoms with Crippen molar-refractivity contribution in [3.63, 3.8) is 0 Å². The molecule has 1 N–H and O–H groups in total. The fraction of sp³-hybridized carbons (Fsp3) is 0.300. The van der Waals surface area contributed by atoms with Crippen LogP contribution in [-0.4, -0.2) is 32.8 Å². The van der Waals surface area contributed by atoms with Crippen LogP contribution in [0.3, 0.4) is 0 Å². The van der Waals surface area contributed by atoms with Crippen LogP contribution in [0.4, 0.5) is 0 Å². The van der Waals surface area contributed by atoms with Crippen LogP contribution in [0.15, 0.2) is 48.8 Å². The fourth-order valence-corrected chi connectivity index (χ4v) is 3.39. The van der Waals surface area contributed by atoms with E-state index in [9.17, 15) is 4.79 Å². The molecule has 0 fully saturated rings. The Morgan fingerprint density at radius 2 is 1.96 bits per heavy atom. The summed E-state index contributed by atoms with van der Waals surface area (Å²) in [5.41, 5.74) is 1.99. The highest BCUT2D eigenvalue weighted by atomic mass is 16.5. The molecule has 1 unspecified atom stereocenters. The van der Waals surface area contributed by atoms with E-state index in [1.807, 2.05) is 36.4 Å². The zero-order valence-electron chi connectivity index (χ0n) is 15.1. The number of benzene rings is 1. The monoisotopic (exact) mass is 363 g/mol. The molecule has 1 aliphatic heterocycles. The van der Waals surface area contributed by atoms with Crippen molar-refractivity contribution in [1.82, 2.24) is 25.1 Å². The topological polar surface area (TPSA) is 81.9 Å². The van der Waals surface area contributed by atoms with Crippen LogP contribution in [0.1, 0.15) is 30.1 Å². The molecule has 0 bridgehead atoms. The van der Waals surface area contributed by atoms with Crippen LogP contribution in [0.2, 0.25) is 0 Å². The first-order chi connectivity index (χ1) is 13.3. The van der Waals surface area contributed by atoms with Gasteiger partial charge >= 0.3 is 0 Å². The summed E-state index contributed by atoms with van der Waals surface area (Å²) in [5, 5.41) is 11.7. The number of rotatable bonds is 5. The van der Waals surface area contributed by atoms with Gasteiger partial charge in [-0.3, -0.25) is 9.78 Å². The van der Waals surface area contributed by atoms with Gasteiger partial charge in [-0.2, -0.15) is 0 Å². The Hall–Kier alpha value is -3.22. The lowest BCUT2D eigenvalue weighted by molar-refractivity contribution is -0.123. The highest BCUT2D eigenvalue weighted by Gasteiger charge is 2.30. The van der Waals surface area contributed by atoms with Crippen molar-refractivity contribution >= 4 is 5.91 Å². The van der Waals surface area contributed by atoms with Gasteiger partial charge in [0.25, 0.3) is 0 Å². The van der Waals surface area contributed by atoms with Crippen LogP contribution in [-0.2, 0) is 17.9 Å². The third-order valence-corrected chi connectivity index (χ3v) is 4.85. The number of nitrogens with zero attached hydrogens (tertiary/aromatic N) is 4. The molecule has 1 atom stereocenters. The van der Waals surface area contributed by atoms with Gasteiger partial charge in [0.05, 0.1) is 13.0 Å². The van der Waals surface area contributed by atoms with Crippen LogP contribution in [0.25, 0.3) is 11.4 Å². The summed E-state index contributed by atoms with van der Waals surface area (Å²) < 4.78 is 7.21. The van der Waals surface area contributed by atoms with Crippen molar-refractivity contribution in [2.75, 3.05) is 7.11 Å². The third-order valence-electron chi connectivity index (χ3n) is 4.85. The van der Waals surface area contributed by atoms with E-state index in [1.54, 1.807) is 19.5 Å². The van der Waals surface area contributed by atoms with E-state index in [-0.39, 0.29) is 11.8 Å². The smallest absolute Gasteiger partial charge is 0.231 e. The second-order valence-electron chi connectivity index (χ2n) is 6.53. The highest BCUT2D eigenvalue weighted by molar-refractivity contribution is 5.83. The quantitative estimate of drug-likeness (QED) is 0.753. The average Bonchev–Trinajstić information content (AvgIpc) is 3.17. The first-order valence-electron chi connectivity index (χ1n) is 9.00. The Morgan fingerprint density at radius 1 is 1.19 bits per heavy atom. The van der Waals surface area contributed by atoms with Gasteiger partial charge in [0.1, 0.15) is 11.6 Å². The number of aromatic nitrogens is 4. The first-order valence-corrected chi connectivity index (χ1v) is 9.00. The summed E-state index contributed by atoms with van der Waals surface area (Å²) in [6.07, 6.45) is 5.17. The second kappa shape index (κ2) is 7.57. The van der Waals surface area contributed by atoms with Gasteiger partial charge in [-0.05, 0) is 42.7 Å². The summed E-state index contributed by atoms with van der Waals surface area (Å²) in [6, 6.07) is 11.5. The van der Waals surface area contributed by atoms with Gasteiger partial charge in [-0.25, -0.2) is 0 Å². The number of carbonyl (C=O) groups is 1.